The molecule has 0 radical (unpaired) electrons. The first-order chi connectivity index (χ1) is 8.15. The SMILES string of the molecule is OCC1(Cc2ccc(F)c(Br)c2)CCOCC1. The summed E-state index contributed by atoms with van der Waals surface area (Å²) < 4.78 is 18.9. The van der Waals surface area contributed by atoms with Crippen LogP contribution in [-0.2, 0) is 11.2 Å². The zero-order valence-corrected chi connectivity index (χ0v) is 11.2. The van der Waals surface area contributed by atoms with Crippen molar-refractivity contribution in [1.29, 1.82) is 0 Å². The molecule has 1 saturated heterocycles. The van der Waals surface area contributed by atoms with Gasteiger partial charge in [-0.1, -0.05) is 6.07 Å². The van der Waals surface area contributed by atoms with Crippen LogP contribution in [0, 0.1) is 11.2 Å². The zero-order chi connectivity index (χ0) is 12.3. The van der Waals surface area contributed by atoms with Gasteiger partial charge < -0.3 is 9.84 Å². The largest absolute Gasteiger partial charge is 0.396 e. The highest BCUT2D eigenvalue weighted by molar-refractivity contribution is 9.10. The van der Waals surface area contributed by atoms with Crippen molar-refractivity contribution < 1.29 is 14.2 Å². The molecule has 1 aromatic rings. The fourth-order valence-electron chi connectivity index (χ4n) is 2.28. The molecule has 17 heavy (non-hydrogen) atoms. The van der Waals surface area contributed by atoms with E-state index in [0.717, 1.165) is 24.8 Å². The van der Waals surface area contributed by atoms with Gasteiger partial charge in [0, 0.05) is 25.2 Å². The maximum absolute atomic E-state index is 13.1. The first-order valence-electron chi connectivity index (χ1n) is 5.78. The van der Waals surface area contributed by atoms with Crippen molar-refractivity contribution in [3.63, 3.8) is 0 Å². The fourth-order valence-corrected chi connectivity index (χ4v) is 2.70. The van der Waals surface area contributed by atoms with Gasteiger partial charge in [0.05, 0.1) is 4.47 Å². The summed E-state index contributed by atoms with van der Waals surface area (Å²) in [5.74, 6) is -0.251. The Morgan fingerprint density at radius 2 is 2.06 bits per heavy atom. The van der Waals surface area contributed by atoms with Crippen molar-refractivity contribution in [2.75, 3.05) is 19.8 Å². The van der Waals surface area contributed by atoms with Gasteiger partial charge in [0.2, 0.25) is 0 Å². The van der Waals surface area contributed by atoms with E-state index in [1.54, 1.807) is 12.1 Å². The number of ether oxygens (including phenoxy) is 1. The van der Waals surface area contributed by atoms with Crippen LogP contribution in [0.25, 0.3) is 0 Å². The molecule has 1 fully saturated rings. The van der Waals surface area contributed by atoms with Gasteiger partial charge >= 0.3 is 0 Å². The van der Waals surface area contributed by atoms with Crippen LogP contribution in [-0.4, -0.2) is 24.9 Å². The van der Waals surface area contributed by atoms with Crippen molar-refractivity contribution in [2.45, 2.75) is 19.3 Å². The van der Waals surface area contributed by atoms with Crippen molar-refractivity contribution in [3.8, 4) is 0 Å². The van der Waals surface area contributed by atoms with Gasteiger partial charge in [-0.15, -0.1) is 0 Å². The van der Waals surface area contributed by atoms with Gasteiger partial charge in [-0.3, -0.25) is 0 Å². The normalized spacial score (nSPS) is 19.2. The van der Waals surface area contributed by atoms with E-state index in [4.69, 9.17) is 4.74 Å². The van der Waals surface area contributed by atoms with E-state index in [1.807, 2.05) is 0 Å². The lowest BCUT2D eigenvalue weighted by Crippen LogP contribution is -2.35. The summed E-state index contributed by atoms with van der Waals surface area (Å²) in [5.41, 5.74) is 0.949. The third kappa shape index (κ3) is 3.06. The second kappa shape index (κ2) is 5.46. The molecule has 0 amide bonds. The predicted molar refractivity (Wildman–Crippen MR) is 67.4 cm³/mol. The molecule has 0 aromatic heterocycles. The average Bonchev–Trinajstić information content (AvgIpc) is 2.35. The Labute approximate surface area is 109 Å². The molecule has 1 aliphatic rings. The summed E-state index contributed by atoms with van der Waals surface area (Å²) in [4.78, 5) is 0. The second-order valence-corrected chi connectivity index (χ2v) is 5.55. The van der Waals surface area contributed by atoms with Crippen LogP contribution < -0.4 is 0 Å². The maximum atomic E-state index is 13.1. The summed E-state index contributed by atoms with van der Waals surface area (Å²) in [7, 11) is 0. The number of hydrogen-bond acceptors (Lipinski definition) is 2. The van der Waals surface area contributed by atoms with Gasteiger partial charge in [0.1, 0.15) is 5.82 Å². The third-order valence-corrected chi connectivity index (χ3v) is 4.06. The van der Waals surface area contributed by atoms with Crippen molar-refractivity contribution >= 4 is 15.9 Å². The maximum Gasteiger partial charge on any atom is 0.137 e. The minimum Gasteiger partial charge on any atom is -0.396 e. The molecule has 1 heterocycles. The highest BCUT2D eigenvalue weighted by Crippen LogP contribution is 2.34. The smallest absolute Gasteiger partial charge is 0.137 e. The quantitative estimate of drug-likeness (QED) is 0.930. The van der Waals surface area contributed by atoms with Crippen LogP contribution in [0.4, 0.5) is 4.39 Å². The predicted octanol–water partition coefficient (Wildman–Crippen LogP) is 2.92. The van der Waals surface area contributed by atoms with Gasteiger partial charge in [-0.2, -0.15) is 0 Å². The topological polar surface area (TPSA) is 29.5 Å². The van der Waals surface area contributed by atoms with E-state index < -0.39 is 0 Å². The summed E-state index contributed by atoms with van der Waals surface area (Å²) in [6.45, 7) is 1.55. The van der Waals surface area contributed by atoms with Gasteiger partial charge in [0.15, 0.2) is 0 Å². The molecular weight excluding hydrogens is 287 g/mol. The van der Waals surface area contributed by atoms with Crippen LogP contribution in [0.3, 0.4) is 0 Å². The molecule has 1 N–H and O–H groups in total. The van der Waals surface area contributed by atoms with Crippen LogP contribution in [0.1, 0.15) is 18.4 Å². The Balaban J connectivity index is 2.14. The number of hydrogen-bond donors (Lipinski definition) is 1. The molecule has 0 saturated carbocycles. The molecule has 4 heteroatoms. The second-order valence-electron chi connectivity index (χ2n) is 4.70. The number of aliphatic hydroxyl groups is 1. The lowest BCUT2D eigenvalue weighted by Gasteiger charge is -2.35. The van der Waals surface area contributed by atoms with Crippen molar-refractivity contribution in [2.24, 2.45) is 5.41 Å². The zero-order valence-electron chi connectivity index (χ0n) is 9.59. The van der Waals surface area contributed by atoms with E-state index in [0.29, 0.717) is 17.7 Å². The monoisotopic (exact) mass is 302 g/mol. The Hall–Kier alpha value is -0.450. The highest BCUT2D eigenvalue weighted by Gasteiger charge is 2.32. The minimum absolute atomic E-state index is 0.102. The molecule has 1 aliphatic heterocycles. The summed E-state index contributed by atoms with van der Waals surface area (Å²) in [6.07, 6.45) is 2.49. The Morgan fingerprint density at radius 3 is 2.65 bits per heavy atom. The molecule has 0 bridgehead atoms. The van der Waals surface area contributed by atoms with E-state index >= 15 is 0 Å². The minimum atomic E-state index is -0.251. The molecule has 94 valence electrons. The first kappa shape index (κ1) is 13.0. The fraction of sp³-hybridized carbons (Fsp3) is 0.538. The molecular formula is C13H16BrFO2. The number of aliphatic hydroxyl groups excluding tert-OH is 1. The molecule has 0 atom stereocenters. The van der Waals surface area contributed by atoms with Crippen LogP contribution in [0.15, 0.2) is 22.7 Å². The molecule has 2 rings (SSSR count). The van der Waals surface area contributed by atoms with Crippen LogP contribution in [0.2, 0.25) is 0 Å². The average molecular weight is 303 g/mol. The van der Waals surface area contributed by atoms with E-state index in [2.05, 4.69) is 15.9 Å². The van der Waals surface area contributed by atoms with Gasteiger partial charge in [0.25, 0.3) is 0 Å². The first-order valence-corrected chi connectivity index (χ1v) is 6.57. The van der Waals surface area contributed by atoms with Gasteiger partial charge in [-0.25, -0.2) is 4.39 Å². The lowest BCUT2D eigenvalue weighted by atomic mass is 9.76. The van der Waals surface area contributed by atoms with E-state index in [1.165, 1.54) is 6.07 Å². The van der Waals surface area contributed by atoms with Crippen molar-refractivity contribution in [1.82, 2.24) is 0 Å². The molecule has 2 nitrogen and oxygen atoms in total. The Bertz CT molecular complexity index is 389. The molecule has 0 unspecified atom stereocenters. The van der Waals surface area contributed by atoms with Crippen LogP contribution in [0.5, 0.6) is 0 Å². The number of benzene rings is 1. The van der Waals surface area contributed by atoms with Crippen molar-refractivity contribution in [3.05, 3.63) is 34.1 Å². The standard InChI is InChI=1S/C13H16BrFO2/c14-11-7-10(1-2-12(11)15)8-13(9-16)3-5-17-6-4-13/h1-2,7,16H,3-6,8-9H2. The Morgan fingerprint density at radius 1 is 1.35 bits per heavy atom. The lowest BCUT2D eigenvalue weighted by molar-refractivity contribution is -0.0157. The highest BCUT2D eigenvalue weighted by atomic mass is 79.9. The van der Waals surface area contributed by atoms with Gasteiger partial charge in [-0.05, 0) is 52.9 Å². The van der Waals surface area contributed by atoms with E-state index in [9.17, 15) is 9.50 Å². The third-order valence-electron chi connectivity index (χ3n) is 3.45. The summed E-state index contributed by atoms with van der Waals surface area (Å²) in [5, 5.41) is 9.59. The van der Waals surface area contributed by atoms with E-state index in [-0.39, 0.29) is 17.8 Å². The summed E-state index contributed by atoms with van der Waals surface area (Å²) >= 11 is 3.19. The number of halogens is 2. The Kier molecular flexibility index (Phi) is 4.17. The summed E-state index contributed by atoms with van der Waals surface area (Å²) in [6, 6.07) is 5.04. The molecule has 0 spiro atoms. The molecule has 0 aliphatic carbocycles. The van der Waals surface area contributed by atoms with Crippen LogP contribution >= 0.6 is 15.9 Å². The molecule has 1 aromatic carbocycles. The number of rotatable bonds is 3.